The first-order chi connectivity index (χ1) is 12.9. The van der Waals surface area contributed by atoms with E-state index in [2.05, 4.69) is 113 Å². The maximum atomic E-state index is 2.54. The van der Waals surface area contributed by atoms with Crippen LogP contribution in [0.1, 0.15) is 36.1 Å². The summed E-state index contributed by atoms with van der Waals surface area (Å²) in [5.74, 6) is 0. The third-order valence-electron chi connectivity index (χ3n) is 5.72. The van der Waals surface area contributed by atoms with Crippen LogP contribution < -0.4 is 24.8 Å². The molecule has 0 bridgehead atoms. The Morgan fingerprint density at radius 2 is 0.966 bits per heavy atom. The Kier molecular flexibility index (Phi) is 7.77. The van der Waals surface area contributed by atoms with E-state index in [9.17, 15) is 0 Å². The number of allylic oxidation sites excluding steroid dienone is 8. The predicted molar refractivity (Wildman–Crippen MR) is 112 cm³/mol. The van der Waals surface area contributed by atoms with E-state index in [0.717, 1.165) is 0 Å². The Labute approximate surface area is 199 Å². The van der Waals surface area contributed by atoms with Crippen LogP contribution in [-0.4, -0.2) is 0 Å². The van der Waals surface area contributed by atoms with Gasteiger partial charge < -0.3 is 24.8 Å². The van der Waals surface area contributed by atoms with Gasteiger partial charge in [-0.25, -0.2) is 0 Å². The zero-order chi connectivity index (χ0) is 19.1. The van der Waals surface area contributed by atoms with E-state index in [-0.39, 0.29) is 31.1 Å². The minimum Gasteiger partial charge on any atom is -1.00 e. The van der Waals surface area contributed by atoms with Crippen molar-refractivity contribution in [3.63, 3.8) is 0 Å². The molecule has 0 aliphatic heterocycles. The van der Waals surface area contributed by atoms with E-state index in [0.29, 0.717) is 0 Å². The van der Waals surface area contributed by atoms with Gasteiger partial charge in [0.2, 0.25) is 0 Å². The minimum absolute atomic E-state index is 0. The summed E-state index contributed by atoms with van der Waals surface area (Å²) in [5.41, 5.74) is 8.56. The first-order valence-corrected chi connectivity index (χ1v) is 12.1. The molecule has 0 heterocycles. The molecule has 0 saturated heterocycles. The smallest absolute Gasteiger partial charge is 1.00 e. The molecule has 2 aromatic rings. The van der Waals surface area contributed by atoms with Gasteiger partial charge in [0.25, 0.3) is 0 Å². The third-order valence-corrected chi connectivity index (χ3v) is 10.6. The molecule has 0 spiro atoms. The van der Waals surface area contributed by atoms with Crippen LogP contribution in [-0.2, 0) is 29.5 Å². The van der Waals surface area contributed by atoms with Crippen molar-refractivity contribution < 1.29 is 48.0 Å². The summed E-state index contributed by atoms with van der Waals surface area (Å²) in [7, 11) is 0. The van der Waals surface area contributed by atoms with Gasteiger partial charge >= 0.3 is 176 Å². The summed E-state index contributed by atoms with van der Waals surface area (Å²) >= 11 is -1.06. The molecule has 2 atom stereocenters. The molecular formula is C26H26Cl2Zr. The first-order valence-electron chi connectivity index (χ1n) is 9.63. The number of aryl methyl sites for hydroxylation is 2. The molecule has 2 aliphatic rings. The summed E-state index contributed by atoms with van der Waals surface area (Å²) in [6.45, 7) is 9.00. The van der Waals surface area contributed by atoms with E-state index >= 15 is 0 Å². The average Bonchev–Trinajstić information content (AvgIpc) is 3.20. The number of halogens is 2. The monoisotopic (exact) mass is 498 g/mol. The molecule has 2 unspecified atom stereocenters. The van der Waals surface area contributed by atoms with Crippen LogP contribution in [0.5, 0.6) is 0 Å². The Balaban J connectivity index is 0.00000150. The number of hydrogen-bond donors (Lipinski definition) is 0. The van der Waals surface area contributed by atoms with Crippen molar-refractivity contribution in [2.24, 2.45) is 0 Å². The van der Waals surface area contributed by atoms with Crippen molar-refractivity contribution >= 4 is 0 Å². The van der Waals surface area contributed by atoms with Crippen molar-refractivity contribution in [1.29, 1.82) is 0 Å². The Hall–Kier alpha value is -1.14. The zero-order valence-corrected chi connectivity index (χ0v) is 21.3. The van der Waals surface area contributed by atoms with Crippen molar-refractivity contribution in [3.05, 3.63) is 118 Å². The second kappa shape index (κ2) is 9.34. The van der Waals surface area contributed by atoms with E-state index < -0.39 is 23.2 Å². The van der Waals surface area contributed by atoms with Crippen molar-refractivity contribution in [3.8, 4) is 0 Å². The molecule has 2 aliphatic carbocycles. The van der Waals surface area contributed by atoms with Crippen molar-refractivity contribution in [1.82, 2.24) is 0 Å². The van der Waals surface area contributed by atoms with E-state index in [1.165, 1.54) is 33.4 Å². The summed E-state index contributed by atoms with van der Waals surface area (Å²) in [5, 5.41) is 0. The number of benzene rings is 2. The van der Waals surface area contributed by atoms with Gasteiger partial charge in [-0.2, -0.15) is 0 Å². The molecule has 0 aromatic heterocycles. The van der Waals surface area contributed by atoms with Gasteiger partial charge in [-0.3, -0.25) is 0 Å². The zero-order valence-electron chi connectivity index (χ0n) is 17.3. The van der Waals surface area contributed by atoms with Gasteiger partial charge in [-0.15, -0.1) is 0 Å². The summed E-state index contributed by atoms with van der Waals surface area (Å²) in [6, 6.07) is 17.9. The molecule has 148 valence electrons. The van der Waals surface area contributed by atoms with Crippen LogP contribution in [0.3, 0.4) is 0 Å². The van der Waals surface area contributed by atoms with Crippen LogP contribution in [0.2, 0.25) is 0 Å². The van der Waals surface area contributed by atoms with Gasteiger partial charge in [0.05, 0.1) is 0 Å². The second-order valence-corrected chi connectivity index (χ2v) is 12.6. The molecule has 29 heavy (non-hydrogen) atoms. The Morgan fingerprint density at radius 1 is 0.586 bits per heavy atom. The first kappa shape index (κ1) is 24.1. The van der Waals surface area contributed by atoms with E-state index in [1.54, 1.807) is 0 Å². The SMILES string of the molecule is CC1=C[C]([Zr+2][C]2(c3ccccc3C)C=CC(C)=C2)(c2ccccc2C)C=C1.[Cl-].[Cl-]. The third kappa shape index (κ3) is 4.48. The maximum Gasteiger partial charge on any atom is -1.00 e. The van der Waals surface area contributed by atoms with E-state index in [4.69, 9.17) is 0 Å². The van der Waals surface area contributed by atoms with Gasteiger partial charge in [0.15, 0.2) is 0 Å². The van der Waals surface area contributed by atoms with Crippen molar-refractivity contribution in [2.45, 2.75) is 33.9 Å². The van der Waals surface area contributed by atoms with Gasteiger partial charge in [-0.05, 0) is 0 Å². The minimum atomic E-state index is -1.06. The molecule has 0 radical (unpaired) electrons. The molecule has 0 N–H and O–H groups in total. The number of rotatable bonds is 4. The van der Waals surface area contributed by atoms with Gasteiger partial charge in [-0.1, -0.05) is 0 Å². The van der Waals surface area contributed by atoms with E-state index in [1.807, 2.05) is 0 Å². The van der Waals surface area contributed by atoms with Gasteiger partial charge in [0, 0.05) is 0 Å². The largest absolute Gasteiger partial charge is 1.00 e. The summed E-state index contributed by atoms with van der Waals surface area (Å²) in [6.07, 6.45) is 14.7. The molecule has 3 heteroatoms. The fourth-order valence-electron chi connectivity index (χ4n) is 4.48. The fourth-order valence-corrected chi connectivity index (χ4v) is 10.5. The average molecular weight is 501 g/mol. The standard InChI is InChI=1S/2C13H13.2ClH.Zr/c2*1-10-7-8-12(9-10)13-6-4-3-5-11(13)2;;;/h2*3-9H,1-2H3;2*1H;/q;;;;+2/p-2. The van der Waals surface area contributed by atoms with Crippen LogP contribution in [0.25, 0.3) is 0 Å². The topological polar surface area (TPSA) is 0 Å². The second-order valence-electron chi connectivity index (χ2n) is 7.94. The normalized spacial score (nSPS) is 24.3. The molecule has 0 amide bonds. The Bertz CT molecular complexity index is 933. The van der Waals surface area contributed by atoms with Crippen molar-refractivity contribution in [2.75, 3.05) is 0 Å². The molecular weight excluding hydrogens is 474 g/mol. The molecule has 2 aromatic carbocycles. The van der Waals surface area contributed by atoms with Crippen LogP contribution in [0.4, 0.5) is 0 Å². The predicted octanol–water partition coefficient (Wildman–Crippen LogP) is 0.517. The Morgan fingerprint density at radius 3 is 1.28 bits per heavy atom. The quantitative estimate of drug-likeness (QED) is 0.575. The molecule has 4 rings (SSSR count). The van der Waals surface area contributed by atoms with Crippen LogP contribution in [0.15, 0.2) is 96.1 Å². The fraction of sp³-hybridized carbons (Fsp3) is 0.231. The summed E-state index contributed by atoms with van der Waals surface area (Å²) < 4.78 is 0.180. The molecule has 0 fully saturated rings. The van der Waals surface area contributed by atoms with Gasteiger partial charge in [0.1, 0.15) is 0 Å². The van der Waals surface area contributed by atoms with Crippen LogP contribution >= 0.6 is 0 Å². The van der Waals surface area contributed by atoms with Crippen LogP contribution in [0, 0.1) is 13.8 Å². The number of hydrogen-bond acceptors (Lipinski definition) is 0. The maximum absolute atomic E-state index is 2.54. The molecule has 0 saturated carbocycles. The molecule has 0 nitrogen and oxygen atoms in total. The summed E-state index contributed by atoms with van der Waals surface area (Å²) in [4.78, 5) is 0.